The highest BCUT2D eigenvalue weighted by atomic mass is 16.6. The number of unbranched alkanes of at least 4 members (excludes halogenated alkanes) is 1. The van der Waals surface area contributed by atoms with Crippen LogP contribution in [0.15, 0.2) is 46.9 Å². The molecule has 0 bridgehead atoms. The number of aliphatic imine (C=N–C) groups is 2. The minimum atomic E-state index is -0.705. The summed E-state index contributed by atoms with van der Waals surface area (Å²) in [6.45, 7) is 13.2. The number of hydrogen-bond donors (Lipinski definition) is 1. The first kappa shape index (κ1) is 26.7. The number of allylic oxidation sites excluding steroid dienone is 1. The van der Waals surface area contributed by atoms with Gasteiger partial charge in [-0.3, -0.25) is 9.79 Å². The molecule has 0 aliphatic carbocycles. The van der Waals surface area contributed by atoms with Crippen molar-refractivity contribution in [1.82, 2.24) is 0 Å². The average molecular weight is 430 g/mol. The molecule has 0 aliphatic rings. The lowest BCUT2D eigenvalue weighted by Crippen LogP contribution is -2.38. The summed E-state index contributed by atoms with van der Waals surface area (Å²) in [7, 11) is 1.70. The van der Waals surface area contributed by atoms with Crippen LogP contribution in [0.2, 0.25) is 0 Å². The third-order valence-corrected chi connectivity index (χ3v) is 4.74. The Hall–Kier alpha value is -2.31. The number of nitrogens with two attached hydrogens (primary N) is 1. The molecule has 0 saturated heterocycles. The molecule has 1 rings (SSSR count). The first-order valence-corrected chi connectivity index (χ1v) is 10.9. The smallest absolute Gasteiger partial charge is 0.323 e. The van der Waals surface area contributed by atoms with E-state index in [-0.39, 0.29) is 12.1 Å². The predicted octanol–water partition coefficient (Wildman–Crippen LogP) is 4.50. The van der Waals surface area contributed by atoms with Crippen LogP contribution in [-0.4, -0.2) is 48.9 Å². The molecule has 0 heterocycles. The Labute approximate surface area is 187 Å². The summed E-state index contributed by atoms with van der Waals surface area (Å²) < 4.78 is 10.9. The molecule has 0 aromatic heterocycles. The number of carbonyl (C=O) groups excluding carboxylic acids is 1. The van der Waals surface area contributed by atoms with E-state index in [4.69, 9.17) is 20.2 Å². The third-order valence-electron chi connectivity index (χ3n) is 4.74. The van der Waals surface area contributed by atoms with Gasteiger partial charge in [-0.1, -0.05) is 30.3 Å². The fraction of sp³-hybridized carbons (Fsp3) is 0.560. The SMILES string of the molecule is C=CCCC[C@H](N=C(N=CC)c1ccc(C[C@H](N)C(=O)OC(C)(C)C)cc1)C(C)OC. The van der Waals surface area contributed by atoms with Gasteiger partial charge >= 0.3 is 5.97 Å². The van der Waals surface area contributed by atoms with Crippen LogP contribution in [0.4, 0.5) is 0 Å². The van der Waals surface area contributed by atoms with Gasteiger partial charge in [-0.25, -0.2) is 4.99 Å². The van der Waals surface area contributed by atoms with Crippen molar-refractivity contribution in [3.05, 3.63) is 48.0 Å². The molecule has 31 heavy (non-hydrogen) atoms. The van der Waals surface area contributed by atoms with Gasteiger partial charge in [0.1, 0.15) is 11.6 Å². The minimum Gasteiger partial charge on any atom is -0.459 e. The van der Waals surface area contributed by atoms with E-state index in [0.29, 0.717) is 12.3 Å². The number of rotatable bonds is 11. The molecule has 6 nitrogen and oxygen atoms in total. The van der Waals surface area contributed by atoms with E-state index in [1.54, 1.807) is 13.3 Å². The van der Waals surface area contributed by atoms with Gasteiger partial charge in [0.15, 0.2) is 5.84 Å². The molecular weight excluding hydrogens is 390 g/mol. The maximum Gasteiger partial charge on any atom is 0.323 e. The zero-order valence-corrected chi connectivity index (χ0v) is 19.9. The molecule has 172 valence electrons. The number of amidine groups is 1. The first-order chi connectivity index (χ1) is 14.6. The number of ether oxygens (including phenoxy) is 2. The van der Waals surface area contributed by atoms with Gasteiger partial charge in [-0.05, 0) is 65.9 Å². The molecule has 0 saturated carbocycles. The lowest BCUT2D eigenvalue weighted by atomic mass is 10.0. The highest BCUT2D eigenvalue weighted by Gasteiger charge is 2.22. The summed E-state index contributed by atoms with van der Waals surface area (Å²) in [6, 6.07) is 7.12. The minimum absolute atomic E-state index is 0.00363. The molecule has 6 heteroatoms. The van der Waals surface area contributed by atoms with Crippen LogP contribution in [-0.2, 0) is 20.7 Å². The first-order valence-electron chi connectivity index (χ1n) is 10.9. The molecular formula is C25H39N3O3. The zero-order valence-electron chi connectivity index (χ0n) is 19.9. The van der Waals surface area contributed by atoms with Gasteiger partial charge in [0.2, 0.25) is 0 Å². The number of benzene rings is 1. The van der Waals surface area contributed by atoms with E-state index in [2.05, 4.69) is 11.6 Å². The predicted molar refractivity (Wildman–Crippen MR) is 129 cm³/mol. The number of hydrogen-bond acceptors (Lipinski definition) is 5. The van der Waals surface area contributed by atoms with Gasteiger partial charge in [-0.2, -0.15) is 0 Å². The van der Waals surface area contributed by atoms with Gasteiger partial charge in [-0.15, -0.1) is 6.58 Å². The highest BCUT2D eigenvalue weighted by molar-refractivity contribution is 6.03. The average Bonchev–Trinajstić information content (AvgIpc) is 2.71. The summed E-state index contributed by atoms with van der Waals surface area (Å²) in [5.41, 5.74) is 7.34. The Bertz CT molecular complexity index is 748. The van der Waals surface area contributed by atoms with E-state index < -0.39 is 17.6 Å². The van der Waals surface area contributed by atoms with Gasteiger partial charge in [0.25, 0.3) is 0 Å². The van der Waals surface area contributed by atoms with Gasteiger partial charge < -0.3 is 15.2 Å². The Morgan fingerprint density at radius 1 is 1.26 bits per heavy atom. The van der Waals surface area contributed by atoms with Crippen LogP contribution in [0.3, 0.4) is 0 Å². The Morgan fingerprint density at radius 3 is 2.42 bits per heavy atom. The maximum absolute atomic E-state index is 12.1. The van der Waals surface area contributed by atoms with Crippen LogP contribution >= 0.6 is 0 Å². The number of esters is 1. The monoisotopic (exact) mass is 429 g/mol. The molecule has 0 radical (unpaired) electrons. The summed E-state index contributed by atoms with van der Waals surface area (Å²) in [4.78, 5) is 21.5. The van der Waals surface area contributed by atoms with Gasteiger partial charge in [0, 0.05) is 18.9 Å². The zero-order chi connectivity index (χ0) is 23.4. The molecule has 2 N–H and O–H groups in total. The molecule has 0 amide bonds. The molecule has 0 aliphatic heterocycles. The third kappa shape index (κ3) is 10.0. The van der Waals surface area contributed by atoms with Crippen molar-refractivity contribution in [2.45, 2.75) is 84.1 Å². The number of carbonyl (C=O) groups is 1. The Balaban J connectivity index is 2.99. The maximum atomic E-state index is 12.1. The number of nitrogens with zero attached hydrogens (tertiary/aromatic N) is 2. The second-order valence-corrected chi connectivity index (χ2v) is 8.61. The second kappa shape index (κ2) is 13.2. The lowest BCUT2D eigenvalue weighted by molar-refractivity contribution is -0.156. The van der Waals surface area contributed by atoms with E-state index >= 15 is 0 Å². The van der Waals surface area contributed by atoms with Crippen molar-refractivity contribution >= 4 is 18.0 Å². The lowest BCUT2D eigenvalue weighted by Gasteiger charge is -2.22. The molecule has 1 unspecified atom stereocenters. The van der Waals surface area contributed by atoms with Crippen molar-refractivity contribution in [1.29, 1.82) is 0 Å². The van der Waals surface area contributed by atoms with Crippen molar-refractivity contribution in [3.8, 4) is 0 Å². The summed E-state index contributed by atoms with van der Waals surface area (Å²) in [5.74, 6) is 0.267. The quantitative estimate of drug-likeness (QED) is 0.185. The molecule has 0 spiro atoms. The Kier molecular flexibility index (Phi) is 11.4. The fourth-order valence-corrected chi connectivity index (χ4v) is 3.00. The second-order valence-electron chi connectivity index (χ2n) is 8.61. The van der Waals surface area contributed by atoms with Crippen LogP contribution in [0, 0.1) is 0 Å². The normalized spacial score (nSPS) is 15.5. The van der Waals surface area contributed by atoms with E-state index in [1.165, 1.54) is 0 Å². The van der Waals surface area contributed by atoms with Crippen LogP contribution in [0.25, 0.3) is 0 Å². The largest absolute Gasteiger partial charge is 0.459 e. The van der Waals surface area contributed by atoms with E-state index in [0.717, 1.165) is 30.4 Å². The molecule has 3 atom stereocenters. The van der Waals surface area contributed by atoms with Gasteiger partial charge in [0.05, 0.1) is 12.1 Å². The molecule has 0 fully saturated rings. The van der Waals surface area contributed by atoms with E-state index in [1.807, 2.05) is 65.0 Å². The summed E-state index contributed by atoms with van der Waals surface area (Å²) >= 11 is 0. The van der Waals surface area contributed by atoms with Crippen LogP contribution in [0.5, 0.6) is 0 Å². The molecule has 1 aromatic rings. The van der Waals surface area contributed by atoms with Crippen molar-refractivity contribution in [3.63, 3.8) is 0 Å². The number of methoxy groups -OCH3 is 1. The topological polar surface area (TPSA) is 86.3 Å². The Morgan fingerprint density at radius 2 is 1.90 bits per heavy atom. The van der Waals surface area contributed by atoms with Crippen molar-refractivity contribution < 1.29 is 14.3 Å². The highest BCUT2D eigenvalue weighted by Crippen LogP contribution is 2.16. The summed E-state index contributed by atoms with van der Waals surface area (Å²) in [5, 5.41) is 0. The fourth-order valence-electron chi connectivity index (χ4n) is 3.00. The van der Waals surface area contributed by atoms with Crippen LogP contribution in [0.1, 0.15) is 65.0 Å². The van der Waals surface area contributed by atoms with E-state index in [9.17, 15) is 4.79 Å². The van der Waals surface area contributed by atoms with Crippen molar-refractivity contribution in [2.24, 2.45) is 15.7 Å². The van der Waals surface area contributed by atoms with Crippen molar-refractivity contribution in [2.75, 3.05) is 7.11 Å². The molecule has 1 aromatic carbocycles. The standard InChI is InChI=1S/C25H39N3O3/c1-8-10-11-12-22(18(3)30-7)28-23(27-9-2)20-15-13-19(14-16-20)17-21(26)24(29)31-25(4,5)6/h8-9,13-16,18,21-22H,1,10-12,17,26H2,2-7H3/t18?,21-,22-/m0/s1. The summed E-state index contributed by atoms with van der Waals surface area (Å²) in [6.07, 6.45) is 6.89. The van der Waals surface area contributed by atoms with Crippen LogP contribution < -0.4 is 5.73 Å².